The quantitative estimate of drug-likeness (QED) is 0.673. The van der Waals surface area contributed by atoms with Gasteiger partial charge in [-0.2, -0.15) is 0 Å². The zero-order valence-electron chi connectivity index (χ0n) is 17.4. The van der Waals surface area contributed by atoms with Gasteiger partial charge in [0.2, 0.25) is 0 Å². The van der Waals surface area contributed by atoms with Crippen LogP contribution in [0.15, 0.2) is 11.6 Å². The van der Waals surface area contributed by atoms with Crippen molar-refractivity contribution in [1.82, 2.24) is 0 Å². The molecule has 4 aliphatic carbocycles. The van der Waals surface area contributed by atoms with Crippen LogP contribution in [-0.4, -0.2) is 40.9 Å². The zero-order valence-corrected chi connectivity index (χ0v) is 17.4. The van der Waals surface area contributed by atoms with E-state index in [-0.39, 0.29) is 28.4 Å². The van der Waals surface area contributed by atoms with Gasteiger partial charge in [0.15, 0.2) is 5.78 Å². The summed E-state index contributed by atoms with van der Waals surface area (Å²) in [7, 11) is 0. The van der Waals surface area contributed by atoms with Crippen molar-refractivity contribution in [1.29, 1.82) is 0 Å². The molecule has 0 aromatic heterocycles. The van der Waals surface area contributed by atoms with E-state index in [1.54, 1.807) is 0 Å². The van der Waals surface area contributed by atoms with Crippen molar-refractivity contribution < 1.29 is 19.7 Å². The Kier molecular flexibility index (Phi) is 4.57. The van der Waals surface area contributed by atoms with Gasteiger partial charge in [0.05, 0.1) is 12.2 Å². The summed E-state index contributed by atoms with van der Waals surface area (Å²) >= 11 is 0. The summed E-state index contributed by atoms with van der Waals surface area (Å²) in [6, 6.07) is 0. The normalized spacial score (nSPS) is 53.8. The Balaban J connectivity index is 1.43. The molecular weight excluding hydrogens is 352 g/mol. The molecule has 156 valence electrons. The molecule has 4 heteroatoms. The first kappa shape index (κ1) is 19.3. The second-order valence-electron chi connectivity index (χ2n) is 10.9. The van der Waals surface area contributed by atoms with E-state index in [1.165, 1.54) is 31.3 Å². The fourth-order valence-electron chi connectivity index (χ4n) is 7.91. The monoisotopic (exact) mass is 388 g/mol. The minimum absolute atomic E-state index is 0.0153. The lowest BCUT2D eigenvalue weighted by Crippen LogP contribution is -2.55. The molecule has 1 heterocycles. The van der Waals surface area contributed by atoms with Gasteiger partial charge in [-0.1, -0.05) is 25.5 Å². The number of Topliss-reactive ketones (excluding diaryl/α,β-unsaturated/α-hetero) is 1. The van der Waals surface area contributed by atoms with Gasteiger partial charge < -0.3 is 14.9 Å². The van der Waals surface area contributed by atoms with Gasteiger partial charge in [-0.05, 0) is 80.5 Å². The predicted molar refractivity (Wildman–Crippen MR) is 107 cm³/mol. The number of hydrogen-bond acceptors (Lipinski definition) is 4. The van der Waals surface area contributed by atoms with Crippen LogP contribution in [0.4, 0.5) is 0 Å². The first-order valence-corrected chi connectivity index (χ1v) is 11.6. The van der Waals surface area contributed by atoms with Crippen LogP contribution >= 0.6 is 0 Å². The summed E-state index contributed by atoms with van der Waals surface area (Å²) < 4.78 is 6.10. The third-order valence-corrected chi connectivity index (χ3v) is 9.70. The fraction of sp³-hybridized carbons (Fsp3) is 0.875. The topological polar surface area (TPSA) is 66.8 Å². The number of hydrogen-bond donors (Lipinski definition) is 2. The summed E-state index contributed by atoms with van der Waals surface area (Å²) in [6.45, 7) is 5.40. The molecule has 28 heavy (non-hydrogen) atoms. The number of fused-ring (bicyclic) bond motifs is 5. The lowest BCUT2D eigenvalue weighted by Gasteiger charge is -2.59. The van der Waals surface area contributed by atoms with E-state index in [1.807, 2.05) is 0 Å². The van der Waals surface area contributed by atoms with E-state index in [0.29, 0.717) is 24.4 Å². The molecule has 5 aliphatic rings. The van der Waals surface area contributed by atoms with E-state index < -0.39 is 12.2 Å². The van der Waals surface area contributed by atoms with Crippen LogP contribution in [-0.2, 0) is 9.53 Å². The van der Waals surface area contributed by atoms with Gasteiger partial charge in [0.1, 0.15) is 6.10 Å². The molecule has 1 aliphatic heterocycles. The average molecular weight is 389 g/mol. The molecule has 0 aromatic rings. The predicted octanol–water partition coefficient (Wildman–Crippen LogP) is 3.65. The Bertz CT molecular complexity index is 680. The zero-order chi connectivity index (χ0) is 19.7. The first-order valence-electron chi connectivity index (χ1n) is 11.6. The van der Waals surface area contributed by atoms with Crippen molar-refractivity contribution in [2.24, 2.45) is 34.5 Å². The molecule has 1 saturated heterocycles. The molecule has 0 bridgehead atoms. The smallest absolute Gasteiger partial charge is 0.162 e. The summed E-state index contributed by atoms with van der Waals surface area (Å²) in [4.78, 5) is 12.3. The number of aliphatic hydroxyl groups is 2. The van der Waals surface area contributed by atoms with Crippen LogP contribution in [0.25, 0.3) is 0 Å². The third-order valence-electron chi connectivity index (χ3n) is 9.70. The molecule has 0 amide bonds. The maximum absolute atomic E-state index is 12.3. The fourth-order valence-corrected chi connectivity index (χ4v) is 7.91. The lowest BCUT2D eigenvalue weighted by atomic mass is 9.46. The number of ketones is 1. The molecule has 3 saturated carbocycles. The minimum Gasteiger partial charge on any atom is -0.389 e. The first-order chi connectivity index (χ1) is 13.3. The molecule has 4 unspecified atom stereocenters. The van der Waals surface area contributed by atoms with Crippen molar-refractivity contribution >= 4 is 5.78 Å². The number of allylic oxidation sites excluding steroid dienone is 1. The summed E-state index contributed by atoms with van der Waals surface area (Å²) in [5.41, 5.74) is 1.22. The Labute approximate surface area is 168 Å². The Hall–Kier alpha value is -0.710. The van der Waals surface area contributed by atoms with Crippen LogP contribution in [0, 0.1) is 34.5 Å². The SMILES string of the molecule is C[C@]12CC[C@H](C3CCCCO3)CC1=C[C@@H](O)C1C2CC[C@@]2(C)C1CC(=O)[C@@H]2O. The molecule has 2 N–H and O–H groups in total. The van der Waals surface area contributed by atoms with Crippen molar-refractivity contribution in [2.45, 2.75) is 89.9 Å². The maximum Gasteiger partial charge on any atom is 0.162 e. The van der Waals surface area contributed by atoms with Crippen LogP contribution in [0.3, 0.4) is 0 Å². The Morgan fingerprint density at radius 2 is 1.86 bits per heavy atom. The van der Waals surface area contributed by atoms with Crippen molar-refractivity contribution in [2.75, 3.05) is 6.61 Å². The standard InChI is InChI=1S/C24H36O4/c1-23-8-6-14(20-5-3-4-10-28-20)11-15(23)12-18(25)21-16(23)7-9-24(2)17(21)13-19(26)22(24)27/h12,14,16-18,20-22,25,27H,3-11,13H2,1-2H3/t14-,16?,17?,18+,20?,21?,22-,23-,24-/m0/s1. The number of rotatable bonds is 1. The van der Waals surface area contributed by atoms with Crippen molar-refractivity contribution in [3.8, 4) is 0 Å². The second kappa shape index (κ2) is 6.65. The highest BCUT2D eigenvalue weighted by atomic mass is 16.5. The second-order valence-corrected chi connectivity index (χ2v) is 10.9. The highest BCUT2D eigenvalue weighted by molar-refractivity contribution is 5.86. The van der Waals surface area contributed by atoms with Gasteiger partial charge in [-0.25, -0.2) is 0 Å². The molecular formula is C24H36O4. The van der Waals surface area contributed by atoms with Gasteiger partial charge in [-0.3, -0.25) is 4.79 Å². The molecule has 0 radical (unpaired) electrons. The van der Waals surface area contributed by atoms with E-state index >= 15 is 0 Å². The van der Waals surface area contributed by atoms with E-state index in [4.69, 9.17) is 4.74 Å². The molecule has 4 fully saturated rings. The summed E-state index contributed by atoms with van der Waals surface area (Å²) in [5.74, 6) is 1.21. The minimum atomic E-state index is -0.844. The highest BCUT2D eigenvalue weighted by Gasteiger charge is 2.62. The number of carbonyl (C=O) groups is 1. The van der Waals surface area contributed by atoms with Gasteiger partial charge >= 0.3 is 0 Å². The van der Waals surface area contributed by atoms with E-state index in [0.717, 1.165) is 32.3 Å². The van der Waals surface area contributed by atoms with Gasteiger partial charge in [0, 0.05) is 18.4 Å². The number of ether oxygens (including phenoxy) is 1. The summed E-state index contributed by atoms with van der Waals surface area (Å²) in [5, 5.41) is 21.7. The lowest BCUT2D eigenvalue weighted by molar-refractivity contribution is -0.130. The maximum atomic E-state index is 12.3. The summed E-state index contributed by atoms with van der Waals surface area (Å²) in [6.07, 6.45) is 10.7. The van der Waals surface area contributed by atoms with Crippen LogP contribution < -0.4 is 0 Å². The molecule has 0 aromatic carbocycles. The molecule has 5 rings (SSSR count). The van der Waals surface area contributed by atoms with E-state index in [9.17, 15) is 15.0 Å². The Morgan fingerprint density at radius 1 is 1.04 bits per heavy atom. The highest BCUT2D eigenvalue weighted by Crippen LogP contribution is 2.64. The Morgan fingerprint density at radius 3 is 2.61 bits per heavy atom. The largest absolute Gasteiger partial charge is 0.389 e. The number of carbonyl (C=O) groups excluding carboxylic acids is 1. The van der Waals surface area contributed by atoms with Crippen LogP contribution in [0.1, 0.15) is 71.6 Å². The van der Waals surface area contributed by atoms with Gasteiger partial charge in [-0.15, -0.1) is 0 Å². The van der Waals surface area contributed by atoms with Crippen molar-refractivity contribution in [3.63, 3.8) is 0 Å². The van der Waals surface area contributed by atoms with Crippen LogP contribution in [0.5, 0.6) is 0 Å². The number of aliphatic hydroxyl groups excluding tert-OH is 2. The average Bonchev–Trinajstić information content (AvgIpc) is 2.92. The van der Waals surface area contributed by atoms with Crippen molar-refractivity contribution in [3.05, 3.63) is 11.6 Å². The van der Waals surface area contributed by atoms with Gasteiger partial charge in [0.25, 0.3) is 0 Å². The molecule has 9 atom stereocenters. The molecule has 0 spiro atoms. The van der Waals surface area contributed by atoms with E-state index in [2.05, 4.69) is 19.9 Å². The third kappa shape index (κ3) is 2.63. The molecule has 4 nitrogen and oxygen atoms in total. The van der Waals surface area contributed by atoms with Crippen LogP contribution in [0.2, 0.25) is 0 Å².